The lowest BCUT2D eigenvalue weighted by atomic mass is 10.0. The van der Waals surface area contributed by atoms with E-state index in [1.165, 1.54) is 12.1 Å². The zero-order valence-electron chi connectivity index (χ0n) is 11.4. The molecule has 1 atom stereocenters. The lowest BCUT2D eigenvalue weighted by Crippen LogP contribution is -2.46. The van der Waals surface area contributed by atoms with Crippen molar-refractivity contribution in [3.63, 3.8) is 0 Å². The summed E-state index contributed by atoms with van der Waals surface area (Å²) in [5.41, 5.74) is 0.682. The fourth-order valence-corrected chi connectivity index (χ4v) is 2.41. The zero-order valence-corrected chi connectivity index (χ0v) is 13.0. The third kappa shape index (κ3) is 4.34. The molecule has 0 aliphatic heterocycles. The van der Waals surface area contributed by atoms with Crippen LogP contribution in [-0.4, -0.2) is 18.1 Å². The first-order valence-electron chi connectivity index (χ1n) is 6.54. The first-order valence-corrected chi connectivity index (χ1v) is 7.33. The van der Waals surface area contributed by atoms with Gasteiger partial charge in [-0.15, -0.1) is 0 Å². The van der Waals surface area contributed by atoms with Crippen LogP contribution in [0.5, 0.6) is 0 Å². The Kier molecular flexibility index (Phi) is 5.24. The van der Waals surface area contributed by atoms with Crippen LogP contribution in [0.4, 0.5) is 13.2 Å². The zero-order chi connectivity index (χ0) is 16.2. The molecule has 0 spiro atoms. The molecule has 116 valence electrons. The highest BCUT2D eigenvalue weighted by molar-refractivity contribution is 9.10. The molecule has 0 saturated heterocycles. The maximum atomic E-state index is 13.2. The normalized spacial score (nSPS) is 12.7. The molecule has 1 N–H and O–H groups in total. The fourth-order valence-electron chi connectivity index (χ4n) is 1.96. The molecule has 0 heterocycles. The number of rotatable bonds is 4. The topological polar surface area (TPSA) is 29.1 Å². The average Bonchev–Trinajstić information content (AvgIpc) is 2.48. The molecule has 0 fully saturated rings. The minimum Gasteiger partial charge on any atom is -0.340 e. The Labute approximate surface area is 134 Å². The highest BCUT2D eigenvalue weighted by atomic mass is 79.9. The van der Waals surface area contributed by atoms with Crippen LogP contribution in [0.2, 0.25) is 0 Å². The van der Waals surface area contributed by atoms with E-state index in [9.17, 15) is 18.0 Å². The van der Waals surface area contributed by atoms with Gasteiger partial charge in [0.15, 0.2) is 0 Å². The standard InChI is InChI=1S/C16H13BrF3NO/c17-13-9-5-4-8-12(13)10-14(16(18,19)20)21-15(22)11-6-2-1-3-7-11/h1-9,14H,10H2,(H,21,22)/t14-/m0/s1. The van der Waals surface area contributed by atoms with Crippen LogP contribution < -0.4 is 5.32 Å². The monoisotopic (exact) mass is 371 g/mol. The third-order valence-electron chi connectivity index (χ3n) is 3.12. The highest BCUT2D eigenvalue weighted by Crippen LogP contribution is 2.26. The van der Waals surface area contributed by atoms with E-state index in [0.717, 1.165) is 0 Å². The van der Waals surface area contributed by atoms with Gasteiger partial charge >= 0.3 is 6.18 Å². The number of benzene rings is 2. The van der Waals surface area contributed by atoms with E-state index < -0.39 is 18.1 Å². The second kappa shape index (κ2) is 6.96. The molecule has 0 saturated carbocycles. The Morgan fingerprint density at radius 2 is 1.64 bits per heavy atom. The van der Waals surface area contributed by atoms with E-state index in [0.29, 0.717) is 10.0 Å². The lowest BCUT2D eigenvalue weighted by molar-refractivity contribution is -0.153. The fraction of sp³-hybridized carbons (Fsp3) is 0.188. The van der Waals surface area contributed by atoms with E-state index in [1.807, 2.05) is 0 Å². The molecule has 6 heteroatoms. The Balaban J connectivity index is 2.18. The van der Waals surface area contributed by atoms with Gasteiger partial charge < -0.3 is 5.32 Å². The predicted octanol–water partition coefficient (Wildman–Crippen LogP) is 4.35. The Morgan fingerprint density at radius 1 is 1.05 bits per heavy atom. The van der Waals surface area contributed by atoms with Crippen LogP contribution in [0.15, 0.2) is 59.1 Å². The number of carbonyl (C=O) groups excluding carboxylic acids is 1. The van der Waals surface area contributed by atoms with E-state index in [1.54, 1.807) is 42.5 Å². The van der Waals surface area contributed by atoms with Crippen molar-refractivity contribution < 1.29 is 18.0 Å². The number of hydrogen-bond donors (Lipinski definition) is 1. The quantitative estimate of drug-likeness (QED) is 0.850. The van der Waals surface area contributed by atoms with Crippen molar-refractivity contribution in [2.24, 2.45) is 0 Å². The van der Waals surface area contributed by atoms with Gasteiger partial charge in [-0.25, -0.2) is 0 Å². The van der Waals surface area contributed by atoms with Crippen LogP contribution in [-0.2, 0) is 6.42 Å². The van der Waals surface area contributed by atoms with Gasteiger partial charge in [-0.05, 0) is 23.8 Å². The van der Waals surface area contributed by atoms with Crippen LogP contribution >= 0.6 is 15.9 Å². The molecule has 2 aromatic rings. The van der Waals surface area contributed by atoms with E-state index in [4.69, 9.17) is 0 Å². The minimum absolute atomic E-state index is 0.198. The van der Waals surface area contributed by atoms with Crippen LogP contribution in [0.25, 0.3) is 0 Å². The summed E-state index contributed by atoms with van der Waals surface area (Å²) in [6.45, 7) is 0. The van der Waals surface area contributed by atoms with Crippen LogP contribution in [0.3, 0.4) is 0 Å². The van der Waals surface area contributed by atoms with Crippen molar-refractivity contribution in [3.8, 4) is 0 Å². The van der Waals surface area contributed by atoms with Gasteiger partial charge in [0.05, 0.1) is 0 Å². The predicted molar refractivity (Wildman–Crippen MR) is 81.6 cm³/mol. The highest BCUT2D eigenvalue weighted by Gasteiger charge is 2.40. The third-order valence-corrected chi connectivity index (χ3v) is 3.89. The second-order valence-corrected chi connectivity index (χ2v) is 5.58. The number of amides is 1. The molecule has 0 aromatic heterocycles. The Bertz CT molecular complexity index is 643. The number of carbonyl (C=O) groups is 1. The summed E-state index contributed by atoms with van der Waals surface area (Å²) in [7, 11) is 0. The summed E-state index contributed by atoms with van der Waals surface area (Å²) >= 11 is 3.22. The SMILES string of the molecule is O=C(N[C@@H](Cc1ccccc1Br)C(F)(F)F)c1ccccc1. The van der Waals surface area contributed by atoms with E-state index in [2.05, 4.69) is 21.2 Å². The Morgan fingerprint density at radius 3 is 2.23 bits per heavy atom. The number of alkyl halides is 3. The van der Waals surface area contributed by atoms with Gasteiger partial charge in [0.1, 0.15) is 6.04 Å². The van der Waals surface area contributed by atoms with E-state index in [-0.39, 0.29) is 12.0 Å². The van der Waals surface area contributed by atoms with E-state index >= 15 is 0 Å². The van der Waals surface area contributed by atoms with Crippen molar-refractivity contribution in [2.45, 2.75) is 18.6 Å². The molecular weight excluding hydrogens is 359 g/mol. The smallest absolute Gasteiger partial charge is 0.340 e. The maximum Gasteiger partial charge on any atom is 0.408 e. The maximum absolute atomic E-state index is 13.2. The van der Waals surface area contributed by atoms with Crippen molar-refractivity contribution in [1.82, 2.24) is 5.32 Å². The molecule has 2 nitrogen and oxygen atoms in total. The largest absolute Gasteiger partial charge is 0.408 e. The molecular formula is C16H13BrF3NO. The number of hydrogen-bond acceptors (Lipinski definition) is 1. The van der Waals surface area contributed by atoms with Crippen molar-refractivity contribution in [1.29, 1.82) is 0 Å². The minimum atomic E-state index is -4.53. The molecule has 22 heavy (non-hydrogen) atoms. The van der Waals surface area contributed by atoms with Crippen molar-refractivity contribution in [3.05, 3.63) is 70.2 Å². The summed E-state index contributed by atoms with van der Waals surface area (Å²) in [5, 5.41) is 2.06. The van der Waals surface area contributed by atoms with Crippen molar-refractivity contribution >= 4 is 21.8 Å². The molecule has 1 amide bonds. The molecule has 2 rings (SSSR count). The summed E-state index contributed by atoms with van der Waals surface area (Å²) < 4.78 is 40.1. The van der Waals surface area contributed by atoms with Crippen LogP contribution in [0.1, 0.15) is 15.9 Å². The number of halogens is 4. The van der Waals surface area contributed by atoms with Gasteiger partial charge in [-0.1, -0.05) is 52.3 Å². The Hall–Kier alpha value is -1.82. The van der Waals surface area contributed by atoms with Crippen molar-refractivity contribution in [2.75, 3.05) is 0 Å². The lowest BCUT2D eigenvalue weighted by Gasteiger charge is -2.22. The van der Waals surface area contributed by atoms with Gasteiger partial charge in [-0.2, -0.15) is 13.2 Å². The first-order chi connectivity index (χ1) is 10.4. The molecule has 2 aromatic carbocycles. The van der Waals surface area contributed by atoms with Gasteiger partial charge in [0.2, 0.25) is 0 Å². The summed E-state index contributed by atoms with van der Waals surface area (Å²) in [5.74, 6) is -0.741. The summed E-state index contributed by atoms with van der Waals surface area (Å²) in [6, 6.07) is 12.5. The summed E-state index contributed by atoms with van der Waals surface area (Å²) in [4.78, 5) is 12.0. The van der Waals surface area contributed by atoms with Gasteiger partial charge in [0, 0.05) is 16.5 Å². The molecule has 0 radical (unpaired) electrons. The molecule has 0 bridgehead atoms. The van der Waals surface area contributed by atoms with Gasteiger partial charge in [-0.3, -0.25) is 4.79 Å². The molecule has 0 aliphatic rings. The second-order valence-electron chi connectivity index (χ2n) is 4.73. The van der Waals surface area contributed by atoms with Crippen LogP contribution in [0, 0.1) is 0 Å². The van der Waals surface area contributed by atoms with Gasteiger partial charge in [0.25, 0.3) is 5.91 Å². The average molecular weight is 372 g/mol. The molecule has 0 unspecified atom stereocenters. The molecule has 0 aliphatic carbocycles. The summed E-state index contributed by atoms with van der Waals surface area (Å²) in [6.07, 6.45) is -4.86. The number of nitrogens with one attached hydrogen (secondary N) is 1. The first kappa shape index (κ1) is 16.5.